The highest BCUT2D eigenvalue weighted by Crippen LogP contribution is 2.25. The zero-order valence-corrected chi connectivity index (χ0v) is 15.3. The van der Waals surface area contributed by atoms with E-state index < -0.39 is 0 Å². The van der Waals surface area contributed by atoms with Gasteiger partial charge in [0.2, 0.25) is 0 Å². The lowest BCUT2D eigenvalue weighted by atomic mass is 10.1. The molecule has 2 heterocycles. The largest absolute Gasteiger partial charge is 0.334 e. The summed E-state index contributed by atoms with van der Waals surface area (Å²) in [6, 6.07) is 25.8. The molecule has 0 unspecified atom stereocenters. The van der Waals surface area contributed by atoms with Gasteiger partial charge in [0.25, 0.3) is 0 Å². The van der Waals surface area contributed by atoms with Gasteiger partial charge in [0.1, 0.15) is 5.01 Å². The average Bonchev–Trinajstić information content (AvgIpc) is 3.20. The maximum Gasteiger partial charge on any atom is 0.197 e. The Morgan fingerprint density at radius 2 is 1.37 bits per heavy atom. The van der Waals surface area contributed by atoms with Gasteiger partial charge in [-0.2, -0.15) is 0 Å². The first kappa shape index (κ1) is 16.0. The molecule has 0 aliphatic rings. The number of hydrogen-bond donors (Lipinski definition) is 0. The molecule has 27 heavy (non-hydrogen) atoms. The van der Waals surface area contributed by atoms with E-state index in [1.807, 2.05) is 66.7 Å². The SMILES string of the molecule is O=c1c2ccccc2n(Cc2csc(-c3ccccc3)n2)c2ccccc12. The maximum absolute atomic E-state index is 12.9. The highest BCUT2D eigenvalue weighted by Gasteiger charge is 2.12. The molecular formula is C23H16N2OS. The number of fused-ring (bicyclic) bond motifs is 2. The van der Waals surface area contributed by atoms with Gasteiger partial charge < -0.3 is 4.57 Å². The van der Waals surface area contributed by atoms with E-state index in [9.17, 15) is 4.79 Å². The van der Waals surface area contributed by atoms with Crippen LogP contribution >= 0.6 is 11.3 Å². The van der Waals surface area contributed by atoms with Crippen LogP contribution in [0.25, 0.3) is 32.4 Å². The van der Waals surface area contributed by atoms with Crippen LogP contribution in [-0.2, 0) is 6.54 Å². The standard InChI is InChI=1S/C23H16N2OS/c26-22-18-10-4-6-12-20(18)25(21-13-7-5-11-19(21)22)14-17-15-27-23(24-17)16-8-2-1-3-9-16/h1-13,15H,14H2. The summed E-state index contributed by atoms with van der Waals surface area (Å²) in [5, 5.41) is 4.61. The molecule has 0 amide bonds. The van der Waals surface area contributed by atoms with Crippen molar-refractivity contribution in [1.82, 2.24) is 9.55 Å². The number of para-hydroxylation sites is 2. The van der Waals surface area contributed by atoms with Gasteiger partial charge in [0.05, 0.1) is 23.3 Å². The number of rotatable bonds is 3. The van der Waals surface area contributed by atoms with E-state index in [0.29, 0.717) is 6.54 Å². The van der Waals surface area contributed by atoms with Crippen molar-refractivity contribution in [3.05, 3.63) is 100 Å². The van der Waals surface area contributed by atoms with E-state index in [1.165, 1.54) is 0 Å². The molecule has 130 valence electrons. The summed E-state index contributed by atoms with van der Waals surface area (Å²) in [5.74, 6) is 0. The lowest BCUT2D eigenvalue weighted by molar-refractivity contribution is 0.838. The molecule has 5 rings (SSSR count). The maximum atomic E-state index is 12.9. The predicted molar refractivity (Wildman–Crippen MR) is 112 cm³/mol. The second-order valence-electron chi connectivity index (χ2n) is 6.46. The number of thiazole rings is 1. The van der Waals surface area contributed by atoms with E-state index in [0.717, 1.165) is 38.1 Å². The van der Waals surface area contributed by atoms with Crippen LogP contribution in [0.5, 0.6) is 0 Å². The van der Waals surface area contributed by atoms with Crippen molar-refractivity contribution in [3.8, 4) is 10.6 Å². The highest BCUT2D eigenvalue weighted by atomic mass is 32.1. The molecule has 0 fully saturated rings. The summed E-state index contributed by atoms with van der Waals surface area (Å²) < 4.78 is 2.19. The molecule has 0 saturated carbocycles. The van der Waals surface area contributed by atoms with Crippen molar-refractivity contribution in [2.45, 2.75) is 6.54 Å². The summed E-state index contributed by atoms with van der Waals surface area (Å²) >= 11 is 1.65. The Morgan fingerprint density at radius 1 is 0.778 bits per heavy atom. The molecule has 0 spiro atoms. The fourth-order valence-corrected chi connectivity index (χ4v) is 4.32. The lowest BCUT2D eigenvalue weighted by Gasteiger charge is -2.14. The average molecular weight is 368 g/mol. The molecule has 5 aromatic rings. The van der Waals surface area contributed by atoms with E-state index in [-0.39, 0.29) is 5.43 Å². The van der Waals surface area contributed by atoms with Gasteiger partial charge in [0, 0.05) is 21.7 Å². The van der Waals surface area contributed by atoms with Gasteiger partial charge in [-0.15, -0.1) is 11.3 Å². The Balaban J connectivity index is 1.68. The van der Waals surface area contributed by atoms with Crippen molar-refractivity contribution in [2.75, 3.05) is 0 Å². The van der Waals surface area contributed by atoms with Gasteiger partial charge in [-0.05, 0) is 24.3 Å². The monoisotopic (exact) mass is 368 g/mol. The third-order valence-electron chi connectivity index (χ3n) is 4.77. The summed E-state index contributed by atoms with van der Waals surface area (Å²) in [6.45, 7) is 0.630. The van der Waals surface area contributed by atoms with E-state index in [2.05, 4.69) is 22.1 Å². The zero-order chi connectivity index (χ0) is 18.2. The minimum absolute atomic E-state index is 0.0840. The van der Waals surface area contributed by atoms with Crippen LogP contribution in [0.4, 0.5) is 0 Å². The third kappa shape index (κ3) is 2.75. The number of hydrogen-bond acceptors (Lipinski definition) is 3. The Labute approximate surface area is 160 Å². The van der Waals surface area contributed by atoms with Crippen molar-refractivity contribution >= 4 is 33.1 Å². The van der Waals surface area contributed by atoms with Crippen LogP contribution in [-0.4, -0.2) is 9.55 Å². The molecule has 0 aliphatic carbocycles. The van der Waals surface area contributed by atoms with E-state index >= 15 is 0 Å². The molecular weight excluding hydrogens is 352 g/mol. The van der Waals surface area contributed by atoms with Gasteiger partial charge >= 0.3 is 0 Å². The Kier molecular flexibility index (Phi) is 3.84. The van der Waals surface area contributed by atoms with Gasteiger partial charge in [-0.25, -0.2) is 4.98 Å². The molecule has 0 saturated heterocycles. The number of pyridine rings is 1. The topological polar surface area (TPSA) is 34.9 Å². The van der Waals surface area contributed by atoms with Crippen molar-refractivity contribution < 1.29 is 0 Å². The van der Waals surface area contributed by atoms with Crippen LogP contribution in [0.3, 0.4) is 0 Å². The summed E-state index contributed by atoms with van der Waals surface area (Å²) in [7, 11) is 0. The smallest absolute Gasteiger partial charge is 0.197 e. The number of aromatic nitrogens is 2. The van der Waals surface area contributed by atoms with Crippen LogP contribution in [0, 0.1) is 0 Å². The molecule has 0 radical (unpaired) electrons. The molecule has 0 aliphatic heterocycles. The fraction of sp³-hybridized carbons (Fsp3) is 0.0435. The highest BCUT2D eigenvalue weighted by molar-refractivity contribution is 7.13. The Hall–Kier alpha value is -3.24. The molecule has 3 aromatic carbocycles. The van der Waals surface area contributed by atoms with Crippen LogP contribution < -0.4 is 5.43 Å². The Morgan fingerprint density at radius 3 is 2.04 bits per heavy atom. The van der Waals surface area contributed by atoms with Crippen molar-refractivity contribution in [3.63, 3.8) is 0 Å². The number of nitrogens with zero attached hydrogens (tertiary/aromatic N) is 2. The van der Waals surface area contributed by atoms with Crippen LogP contribution in [0.2, 0.25) is 0 Å². The minimum Gasteiger partial charge on any atom is -0.334 e. The summed E-state index contributed by atoms with van der Waals surface area (Å²) in [4.78, 5) is 17.7. The Bertz CT molecular complexity index is 1260. The van der Waals surface area contributed by atoms with E-state index in [1.54, 1.807) is 11.3 Å². The van der Waals surface area contributed by atoms with Crippen molar-refractivity contribution in [1.29, 1.82) is 0 Å². The van der Waals surface area contributed by atoms with Gasteiger partial charge in [-0.3, -0.25) is 4.79 Å². The fourth-order valence-electron chi connectivity index (χ4n) is 3.50. The predicted octanol–water partition coefficient (Wildman–Crippen LogP) is 5.33. The second-order valence-corrected chi connectivity index (χ2v) is 7.32. The first-order valence-corrected chi connectivity index (χ1v) is 9.69. The second kappa shape index (κ2) is 6.49. The molecule has 4 heteroatoms. The molecule has 0 bridgehead atoms. The van der Waals surface area contributed by atoms with Crippen molar-refractivity contribution in [2.24, 2.45) is 0 Å². The van der Waals surface area contributed by atoms with Gasteiger partial charge in [0.15, 0.2) is 5.43 Å². The molecule has 3 nitrogen and oxygen atoms in total. The lowest BCUT2D eigenvalue weighted by Crippen LogP contribution is -2.12. The molecule has 0 atom stereocenters. The first-order chi connectivity index (χ1) is 13.3. The molecule has 0 N–H and O–H groups in total. The normalized spacial score (nSPS) is 11.3. The number of benzene rings is 3. The third-order valence-corrected chi connectivity index (χ3v) is 5.71. The van der Waals surface area contributed by atoms with Crippen LogP contribution in [0.1, 0.15) is 5.69 Å². The first-order valence-electron chi connectivity index (χ1n) is 8.81. The van der Waals surface area contributed by atoms with E-state index in [4.69, 9.17) is 4.98 Å². The zero-order valence-electron chi connectivity index (χ0n) is 14.5. The summed E-state index contributed by atoms with van der Waals surface area (Å²) in [6.07, 6.45) is 0. The molecule has 2 aromatic heterocycles. The van der Waals surface area contributed by atoms with Gasteiger partial charge in [-0.1, -0.05) is 54.6 Å². The van der Waals surface area contributed by atoms with Crippen LogP contribution in [0.15, 0.2) is 89.0 Å². The quantitative estimate of drug-likeness (QED) is 0.404. The minimum atomic E-state index is 0.0840. The summed E-state index contributed by atoms with van der Waals surface area (Å²) in [5.41, 5.74) is 4.09.